The average Bonchev–Trinajstić information content (AvgIpc) is 3.51. The highest BCUT2D eigenvalue weighted by Gasteiger charge is 2.30. The molecular weight excluding hydrogens is 449 g/mol. The van der Waals surface area contributed by atoms with E-state index in [0.717, 1.165) is 19.4 Å². The van der Waals surface area contributed by atoms with Crippen molar-refractivity contribution >= 4 is 17.6 Å². The second kappa shape index (κ2) is 9.18. The van der Waals surface area contributed by atoms with Crippen molar-refractivity contribution < 1.29 is 14.0 Å². The number of anilines is 1. The van der Waals surface area contributed by atoms with Crippen molar-refractivity contribution in [1.29, 1.82) is 5.26 Å². The summed E-state index contributed by atoms with van der Waals surface area (Å²) in [7, 11) is 0. The number of aromatic nitrogens is 3. The van der Waals surface area contributed by atoms with Crippen molar-refractivity contribution in [2.75, 3.05) is 24.5 Å². The number of halogens is 1. The van der Waals surface area contributed by atoms with Crippen LogP contribution in [0.3, 0.4) is 0 Å². The van der Waals surface area contributed by atoms with Gasteiger partial charge >= 0.3 is 0 Å². The van der Waals surface area contributed by atoms with Crippen LogP contribution in [0.2, 0.25) is 0 Å². The first-order valence-corrected chi connectivity index (χ1v) is 11.6. The van der Waals surface area contributed by atoms with Crippen LogP contribution in [-0.2, 0) is 11.3 Å². The molecule has 178 valence electrons. The summed E-state index contributed by atoms with van der Waals surface area (Å²) in [4.78, 5) is 31.5. The van der Waals surface area contributed by atoms with Gasteiger partial charge in [0.2, 0.25) is 5.91 Å². The molecule has 0 spiro atoms. The molecule has 2 aliphatic heterocycles. The second-order valence-corrected chi connectivity index (χ2v) is 8.60. The molecule has 4 heterocycles. The number of amides is 2. The fourth-order valence-corrected chi connectivity index (χ4v) is 4.73. The van der Waals surface area contributed by atoms with E-state index in [-0.39, 0.29) is 41.1 Å². The quantitative estimate of drug-likeness (QED) is 0.588. The first-order valence-electron chi connectivity index (χ1n) is 11.6. The summed E-state index contributed by atoms with van der Waals surface area (Å²) < 4.78 is 16.3. The number of nitrogens with zero attached hydrogens (tertiary/aromatic N) is 5. The number of nitriles is 1. The highest BCUT2D eigenvalue weighted by molar-refractivity contribution is 6.01. The van der Waals surface area contributed by atoms with Crippen molar-refractivity contribution in [2.24, 2.45) is 5.92 Å². The lowest BCUT2D eigenvalue weighted by Gasteiger charge is -2.32. The topological polar surface area (TPSA) is 116 Å². The highest BCUT2D eigenvalue weighted by atomic mass is 19.1. The molecule has 0 saturated carbocycles. The van der Waals surface area contributed by atoms with E-state index in [1.54, 1.807) is 16.9 Å². The fraction of sp³-hybridized carbons (Fsp3) is 0.320. The minimum atomic E-state index is -0.564. The van der Waals surface area contributed by atoms with Gasteiger partial charge in [0.05, 0.1) is 52.3 Å². The van der Waals surface area contributed by atoms with E-state index in [1.807, 2.05) is 19.1 Å². The van der Waals surface area contributed by atoms with Gasteiger partial charge in [0.1, 0.15) is 5.82 Å². The normalized spacial score (nSPS) is 17.0. The fourth-order valence-electron chi connectivity index (χ4n) is 4.73. The van der Waals surface area contributed by atoms with Gasteiger partial charge in [-0.05, 0) is 38.0 Å². The van der Waals surface area contributed by atoms with Crippen LogP contribution in [0.15, 0.2) is 36.5 Å². The summed E-state index contributed by atoms with van der Waals surface area (Å²) in [5.74, 6) is -0.224. The van der Waals surface area contributed by atoms with Crippen LogP contribution >= 0.6 is 0 Å². The highest BCUT2D eigenvalue weighted by Crippen LogP contribution is 2.32. The van der Waals surface area contributed by atoms with Crippen LogP contribution in [0.4, 0.5) is 10.2 Å². The minimum Gasteiger partial charge on any atom is -0.356 e. The zero-order valence-corrected chi connectivity index (χ0v) is 19.2. The zero-order chi connectivity index (χ0) is 24.5. The summed E-state index contributed by atoms with van der Waals surface area (Å²) in [5.41, 5.74) is 1.81. The zero-order valence-electron chi connectivity index (χ0n) is 19.2. The number of pyridine rings is 1. The number of benzene rings is 1. The molecule has 0 radical (unpaired) electrons. The van der Waals surface area contributed by atoms with E-state index in [9.17, 15) is 19.2 Å². The lowest BCUT2D eigenvalue weighted by molar-refractivity contribution is -0.125. The third kappa shape index (κ3) is 4.10. The van der Waals surface area contributed by atoms with Crippen LogP contribution in [-0.4, -0.2) is 46.2 Å². The molecule has 2 aliphatic rings. The van der Waals surface area contributed by atoms with Gasteiger partial charge in [-0.2, -0.15) is 10.4 Å². The molecule has 0 aliphatic carbocycles. The van der Waals surface area contributed by atoms with Crippen molar-refractivity contribution in [2.45, 2.75) is 26.3 Å². The molecule has 5 rings (SSSR count). The predicted octanol–water partition coefficient (Wildman–Crippen LogP) is 2.54. The van der Waals surface area contributed by atoms with E-state index in [4.69, 9.17) is 5.10 Å². The minimum absolute atomic E-state index is 0.0445. The van der Waals surface area contributed by atoms with Crippen molar-refractivity contribution in [1.82, 2.24) is 25.4 Å². The number of carbonyl (C=O) groups excluding carboxylic acids is 2. The molecule has 3 aromatic rings. The SMILES string of the molecule is CCNC(=O)C1CCCN(c2ccn(-c3cc(-c4c(F)cccc4C#N)nc4c3C(=O)NC4)n2)C1. The Balaban J connectivity index is 1.54. The number of hydrogen-bond donors (Lipinski definition) is 2. The molecule has 1 saturated heterocycles. The number of fused-ring (bicyclic) bond motifs is 1. The lowest BCUT2D eigenvalue weighted by Crippen LogP contribution is -2.43. The summed E-state index contributed by atoms with van der Waals surface area (Å²) >= 11 is 0. The largest absolute Gasteiger partial charge is 0.356 e. The summed E-state index contributed by atoms with van der Waals surface area (Å²) in [5, 5.41) is 19.9. The molecule has 35 heavy (non-hydrogen) atoms. The molecule has 2 aromatic heterocycles. The van der Waals surface area contributed by atoms with Gasteiger partial charge in [-0.3, -0.25) is 9.59 Å². The Hall–Kier alpha value is -4.26. The predicted molar refractivity (Wildman–Crippen MR) is 126 cm³/mol. The van der Waals surface area contributed by atoms with E-state index >= 15 is 0 Å². The third-order valence-electron chi connectivity index (χ3n) is 6.40. The Morgan fingerprint density at radius 1 is 1.34 bits per heavy atom. The first kappa shape index (κ1) is 22.5. The Labute approximate surface area is 201 Å². The summed E-state index contributed by atoms with van der Waals surface area (Å²) in [6, 6.07) is 9.73. The summed E-state index contributed by atoms with van der Waals surface area (Å²) in [6.45, 7) is 4.03. The maximum absolute atomic E-state index is 14.8. The lowest BCUT2D eigenvalue weighted by atomic mass is 9.97. The van der Waals surface area contributed by atoms with Gasteiger partial charge in [0, 0.05) is 31.9 Å². The smallest absolute Gasteiger partial charge is 0.255 e. The number of piperidine rings is 1. The van der Waals surface area contributed by atoms with Crippen LogP contribution in [0, 0.1) is 23.1 Å². The monoisotopic (exact) mass is 473 g/mol. The number of rotatable bonds is 5. The van der Waals surface area contributed by atoms with E-state index in [0.29, 0.717) is 35.9 Å². The first-order chi connectivity index (χ1) is 17.0. The second-order valence-electron chi connectivity index (χ2n) is 8.60. The average molecular weight is 474 g/mol. The Kier molecular flexibility index (Phi) is 5.91. The number of nitrogens with one attached hydrogen (secondary N) is 2. The molecule has 2 amide bonds. The maximum Gasteiger partial charge on any atom is 0.255 e. The number of carbonyl (C=O) groups is 2. The van der Waals surface area contributed by atoms with Crippen molar-refractivity contribution in [3.8, 4) is 23.0 Å². The molecule has 9 nitrogen and oxygen atoms in total. The van der Waals surface area contributed by atoms with Gasteiger partial charge < -0.3 is 15.5 Å². The summed E-state index contributed by atoms with van der Waals surface area (Å²) in [6.07, 6.45) is 3.44. The van der Waals surface area contributed by atoms with Crippen molar-refractivity contribution in [3.63, 3.8) is 0 Å². The van der Waals surface area contributed by atoms with Gasteiger partial charge in [-0.25, -0.2) is 14.1 Å². The molecule has 2 N–H and O–H groups in total. The van der Waals surface area contributed by atoms with E-state index < -0.39 is 5.82 Å². The molecule has 1 aromatic carbocycles. The molecule has 1 unspecified atom stereocenters. The van der Waals surface area contributed by atoms with Crippen LogP contribution in [0.5, 0.6) is 0 Å². The van der Waals surface area contributed by atoms with Crippen LogP contribution in [0.1, 0.15) is 41.4 Å². The molecule has 10 heteroatoms. The van der Waals surface area contributed by atoms with Crippen LogP contribution in [0.25, 0.3) is 16.9 Å². The Morgan fingerprint density at radius 2 is 2.20 bits per heavy atom. The molecule has 1 atom stereocenters. The van der Waals surface area contributed by atoms with Gasteiger partial charge in [0.25, 0.3) is 5.91 Å². The van der Waals surface area contributed by atoms with Gasteiger partial charge in [0.15, 0.2) is 5.82 Å². The maximum atomic E-state index is 14.8. The Bertz CT molecular complexity index is 1360. The third-order valence-corrected chi connectivity index (χ3v) is 6.40. The number of hydrogen-bond acceptors (Lipinski definition) is 6. The van der Waals surface area contributed by atoms with Gasteiger partial charge in [-0.15, -0.1) is 0 Å². The molecule has 1 fully saturated rings. The van der Waals surface area contributed by atoms with Gasteiger partial charge in [-0.1, -0.05) is 6.07 Å². The van der Waals surface area contributed by atoms with Crippen molar-refractivity contribution in [3.05, 3.63) is 59.2 Å². The standard InChI is InChI=1S/C25H24FN7O2/c1-2-28-24(34)16-6-4-9-32(14-16)21-8-10-33(31-21)20-11-18(30-19-13-29-25(35)23(19)20)22-15(12-27)5-3-7-17(22)26/h3,5,7-8,10-11,16H,2,4,6,9,13-14H2,1H3,(H,28,34)(H,29,35). The van der Waals surface area contributed by atoms with Crippen LogP contribution < -0.4 is 15.5 Å². The van der Waals surface area contributed by atoms with E-state index in [2.05, 4.69) is 20.5 Å². The van der Waals surface area contributed by atoms with E-state index in [1.165, 1.54) is 18.2 Å². The molecule has 0 bridgehead atoms. The molecular formula is C25H24FN7O2. The Morgan fingerprint density at radius 3 is 3.00 bits per heavy atom.